The van der Waals surface area contributed by atoms with E-state index < -0.39 is 5.97 Å². The maximum atomic E-state index is 11.8. The first kappa shape index (κ1) is 12.8. The van der Waals surface area contributed by atoms with Crippen LogP contribution in [-0.2, 0) is 4.79 Å². The van der Waals surface area contributed by atoms with Gasteiger partial charge in [-0.15, -0.1) is 0 Å². The van der Waals surface area contributed by atoms with Gasteiger partial charge >= 0.3 is 5.97 Å². The molecule has 0 radical (unpaired) electrons. The largest absolute Gasteiger partial charge is 0.481 e. The zero-order chi connectivity index (χ0) is 13.0. The number of rotatable bonds is 6. The molecule has 0 aliphatic carbocycles. The average molecular weight is 251 g/mol. The van der Waals surface area contributed by atoms with E-state index in [2.05, 4.69) is 4.90 Å². The van der Waals surface area contributed by atoms with E-state index in [-0.39, 0.29) is 18.2 Å². The average Bonchev–Trinajstić information content (AvgIpc) is 2.95. The number of furan rings is 1. The Morgan fingerprint density at radius 3 is 3.00 bits per heavy atom. The van der Waals surface area contributed by atoms with Crippen LogP contribution >= 0.6 is 0 Å². The van der Waals surface area contributed by atoms with Gasteiger partial charge in [0.15, 0.2) is 11.5 Å². The molecule has 98 valence electrons. The number of ketones is 1. The van der Waals surface area contributed by atoms with E-state index in [1.165, 1.54) is 6.26 Å². The third-order valence-electron chi connectivity index (χ3n) is 3.33. The number of carbonyl (C=O) groups excluding carboxylic acids is 1. The Balaban J connectivity index is 1.82. The molecule has 0 spiro atoms. The van der Waals surface area contributed by atoms with Gasteiger partial charge in [-0.2, -0.15) is 0 Å². The fraction of sp³-hybridized carbons (Fsp3) is 0.538. The van der Waals surface area contributed by atoms with Gasteiger partial charge < -0.3 is 9.52 Å². The third-order valence-corrected chi connectivity index (χ3v) is 3.33. The summed E-state index contributed by atoms with van der Waals surface area (Å²) in [5, 5.41) is 8.81. The number of carboxylic acid groups (broad SMARTS) is 1. The summed E-state index contributed by atoms with van der Waals surface area (Å²) in [5.74, 6) is -0.422. The van der Waals surface area contributed by atoms with Crippen LogP contribution < -0.4 is 0 Å². The molecule has 2 heterocycles. The quantitative estimate of drug-likeness (QED) is 0.780. The van der Waals surface area contributed by atoms with Crippen LogP contribution in [0.3, 0.4) is 0 Å². The highest BCUT2D eigenvalue weighted by molar-refractivity contribution is 5.93. The predicted molar refractivity (Wildman–Crippen MR) is 64.5 cm³/mol. The Labute approximate surface area is 105 Å². The first-order valence-electron chi connectivity index (χ1n) is 6.19. The number of aliphatic carboxylic acids is 1. The molecule has 0 saturated carbocycles. The number of likely N-dealkylation sites (tertiary alicyclic amines) is 1. The van der Waals surface area contributed by atoms with Crippen molar-refractivity contribution >= 4 is 11.8 Å². The summed E-state index contributed by atoms with van der Waals surface area (Å²) in [4.78, 5) is 24.6. The van der Waals surface area contributed by atoms with Crippen molar-refractivity contribution < 1.29 is 19.1 Å². The highest BCUT2D eigenvalue weighted by atomic mass is 16.4. The van der Waals surface area contributed by atoms with E-state index in [1.807, 2.05) is 0 Å². The molecule has 5 nitrogen and oxygen atoms in total. The SMILES string of the molecule is O=C(O)CC1CCCN1CCC(=O)c1ccco1. The standard InChI is InChI=1S/C13H17NO4/c15-11(12-4-2-8-18-12)5-7-14-6-1-3-10(14)9-13(16)17/h2,4,8,10H,1,3,5-7,9H2,(H,16,17). The Morgan fingerprint density at radius 2 is 2.33 bits per heavy atom. The molecule has 5 heteroatoms. The molecule has 1 aromatic heterocycles. The molecular weight excluding hydrogens is 234 g/mol. The van der Waals surface area contributed by atoms with Crippen molar-refractivity contribution in [3.63, 3.8) is 0 Å². The zero-order valence-electron chi connectivity index (χ0n) is 10.2. The van der Waals surface area contributed by atoms with Crippen molar-refractivity contribution in [2.45, 2.75) is 31.7 Å². The molecule has 0 amide bonds. The van der Waals surface area contributed by atoms with Crippen molar-refractivity contribution in [2.75, 3.05) is 13.1 Å². The topological polar surface area (TPSA) is 70.8 Å². The highest BCUT2D eigenvalue weighted by Crippen LogP contribution is 2.20. The Hall–Kier alpha value is -1.62. The van der Waals surface area contributed by atoms with Crippen LogP contribution in [0.4, 0.5) is 0 Å². The van der Waals surface area contributed by atoms with Gasteiger partial charge in [0.05, 0.1) is 12.7 Å². The van der Waals surface area contributed by atoms with Crippen LogP contribution in [0, 0.1) is 0 Å². The van der Waals surface area contributed by atoms with E-state index in [0.717, 1.165) is 19.4 Å². The fourth-order valence-corrected chi connectivity index (χ4v) is 2.43. The number of carboxylic acids is 1. The van der Waals surface area contributed by atoms with Crippen molar-refractivity contribution in [2.24, 2.45) is 0 Å². The molecule has 1 aliphatic heterocycles. The van der Waals surface area contributed by atoms with Crippen LogP contribution in [0.25, 0.3) is 0 Å². The summed E-state index contributed by atoms with van der Waals surface area (Å²) < 4.78 is 5.04. The molecule has 1 N–H and O–H groups in total. The molecule has 18 heavy (non-hydrogen) atoms. The van der Waals surface area contributed by atoms with Crippen LogP contribution in [0.15, 0.2) is 22.8 Å². The second-order valence-corrected chi connectivity index (χ2v) is 4.58. The molecule has 1 aromatic rings. The summed E-state index contributed by atoms with van der Waals surface area (Å²) in [6.45, 7) is 1.49. The monoisotopic (exact) mass is 251 g/mol. The molecular formula is C13H17NO4. The molecule has 1 atom stereocenters. The molecule has 0 bridgehead atoms. The van der Waals surface area contributed by atoms with Crippen LogP contribution in [0.5, 0.6) is 0 Å². The van der Waals surface area contributed by atoms with Crippen molar-refractivity contribution in [3.8, 4) is 0 Å². The van der Waals surface area contributed by atoms with Gasteiger partial charge in [-0.05, 0) is 31.5 Å². The smallest absolute Gasteiger partial charge is 0.304 e. The van der Waals surface area contributed by atoms with E-state index >= 15 is 0 Å². The second-order valence-electron chi connectivity index (χ2n) is 4.58. The lowest BCUT2D eigenvalue weighted by Gasteiger charge is -2.22. The van der Waals surface area contributed by atoms with E-state index in [4.69, 9.17) is 9.52 Å². The zero-order valence-corrected chi connectivity index (χ0v) is 10.2. The van der Waals surface area contributed by atoms with Gasteiger partial charge in [0.25, 0.3) is 0 Å². The van der Waals surface area contributed by atoms with Crippen LogP contribution in [0.2, 0.25) is 0 Å². The number of nitrogens with zero attached hydrogens (tertiary/aromatic N) is 1. The van der Waals surface area contributed by atoms with Crippen LogP contribution in [0.1, 0.15) is 36.2 Å². The van der Waals surface area contributed by atoms with E-state index in [0.29, 0.717) is 18.7 Å². The Morgan fingerprint density at radius 1 is 1.50 bits per heavy atom. The lowest BCUT2D eigenvalue weighted by molar-refractivity contribution is -0.138. The summed E-state index contributed by atoms with van der Waals surface area (Å²) in [5.41, 5.74) is 0. The maximum absolute atomic E-state index is 11.8. The number of carbonyl (C=O) groups is 2. The van der Waals surface area contributed by atoms with Crippen molar-refractivity contribution in [3.05, 3.63) is 24.2 Å². The molecule has 1 saturated heterocycles. The van der Waals surface area contributed by atoms with Gasteiger partial charge in [-0.1, -0.05) is 0 Å². The Kier molecular flexibility index (Phi) is 4.15. The van der Waals surface area contributed by atoms with Gasteiger partial charge in [-0.25, -0.2) is 0 Å². The summed E-state index contributed by atoms with van der Waals surface area (Å²) in [7, 11) is 0. The minimum absolute atomic E-state index is 0.0269. The lowest BCUT2D eigenvalue weighted by Crippen LogP contribution is -2.33. The summed E-state index contributed by atoms with van der Waals surface area (Å²) in [6.07, 6.45) is 3.93. The van der Waals surface area contributed by atoms with Crippen molar-refractivity contribution in [1.29, 1.82) is 0 Å². The Bertz CT molecular complexity index is 413. The normalized spacial score (nSPS) is 20.1. The fourth-order valence-electron chi connectivity index (χ4n) is 2.43. The first-order chi connectivity index (χ1) is 8.66. The minimum Gasteiger partial charge on any atom is -0.481 e. The molecule has 1 fully saturated rings. The summed E-state index contributed by atoms with van der Waals surface area (Å²) in [6, 6.07) is 3.42. The van der Waals surface area contributed by atoms with Gasteiger partial charge in [-0.3, -0.25) is 14.5 Å². The van der Waals surface area contributed by atoms with E-state index in [1.54, 1.807) is 12.1 Å². The van der Waals surface area contributed by atoms with Gasteiger partial charge in [0.2, 0.25) is 0 Å². The number of Topliss-reactive ketones (excluding diaryl/α,β-unsaturated/α-hetero) is 1. The van der Waals surface area contributed by atoms with Gasteiger partial charge in [0, 0.05) is 19.0 Å². The molecule has 1 aliphatic rings. The predicted octanol–water partition coefficient (Wildman–Crippen LogP) is 1.79. The molecule has 0 aromatic carbocycles. The highest BCUT2D eigenvalue weighted by Gasteiger charge is 2.26. The number of hydrogen-bond acceptors (Lipinski definition) is 4. The van der Waals surface area contributed by atoms with E-state index in [9.17, 15) is 9.59 Å². The third kappa shape index (κ3) is 3.20. The molecule has 1 unspecified atom stereocenters. The van der Waals surface area contributed by atoms with Crippen molar-refractivity contribution in [1.82, 2.24) is 4.90 Å². The molecule has 2 rings (SSSR count). The lowest BCUT2D eigenvalue weighted by atomic mass is 10.1. The maximum Gasteiger partial charge on any atom is 0.304 e. The minimum atomic E-state index is -0.774. The summed E-state index contributed by atoms with van der Waals surface area (Å²) >= 11 is 0. The second kappa shape index (κ2) is 5.82. The van der Waals surface area contributed by atoms with Crippen LogP contribution in [-0.4, -0.2) is 40.9 Å². The van der Waals surface area contributed by atoms with Gasteiger partial charge in [0.1, 0.15) is 0 Å². The first-order valence-corrected chi connectivity index (χ1v) is 6.19. The number of hydrogen-bond donors (Lipinski definition) is 1.